The first-order valence-corrected chi connectivity index (χ1v) is 9.39. The summed E-state index contributed by atoms with van der Waals surface area (Å²) in [4.78, 5) is 32.9. The van der Waals surface area contributed by atoms with Crippen LogP contribution in [0.4, 0.5) is 9.18 Å². The molecule has 9 heteroatoms. The Morgan fingerprint density at radius 3 is 3.04 bits per heavy atom. The van der Waals surface area contributed by atoms with Gasteiger partial charge in [-0.1, -0.05) is 22.0 Å². The van der Waals surface area contributed by atoms with Crippen LogP contribution in [0.5, 0.6) is 0 Å². The zero-order valence-electron chi connectivity index (χ0n) is 14.8. The summed E-state index contributed by atoms with van der Waals surface area (Å²) >= 11 is 3.26. The third kappa shape index (κ3) is 4.29. The molecule has 0 aliphatic carbocycles. The van der Waals surface area contributed by atoms with Gasteiger partial charge in [-0.05, 0) is 18.6 Å². The standard InChI is InChI=1S/C18H20BrFN4O3/c1-27-15(25)3-2-7-21-18(26)24-8-6-14-16(23-10-22-14)17(24)12-5-4-11(19)9-13(12)20/h4-5,9-10,17H,2-3,6-8H2,1H3,(H,21,26)(H,22,23)/t17-/m1/s1. The van der Waals surface area contributed by atoms with Gasteiger partial charge < -0.3 is 19.9 Å². The van der Waals surface area contributed by atoms with Gasteiger partial charge in [-0.2, -0.15) is 0 Å². The molecule has 1 aliphatic rings. The molecular weight excluding hydrogens is 419 g/mol. The van der Waals surface area contributed by atoms with Crippen molar-refractivity contribution in [2.75, 3.05) is 20.2 Å². The Kier molecular flexibility index (Phi) is 6.10. The number of ether oxygens (including phenoxy) is 1. The number of halogens is 2. The number of rotatable bonds is 5. The summed E-state index contributed by atoms with van der Waals surface area (Å²) in [5.41, 5.74) is 1.93. The number of esters is 1. The van der Waals surface area contributed by atoms with Gasteiger partial charge in [0.1, 0.15) is 11.9 Å². The highest BCUT2D eigenvalue weighted by Gasteiger charge is 2.35. The van der Waals surface area contributed by atoms with Crippen LogP contribution in [0.15, 0.2) is 29.0 Å². The van der Waals surface area contributed by atoms with Gasteiger partial charge in [0, 0.05) is 41.7 Å². The van der Waals surface area contributed by atoms with Gasteiger partial charge in [-0.15, -0.1) is 0 Å². The molecule has 0 saturated carbocycles. The van der Waals surface area contributed by atoms with E-state index in [1.165, 1.54) is 13.2 Å². The SMILES string of the molecule is COC(=O)CCCNC(=O)N1CCc2[nH]cnc2[C@H]1c1ccc(Br)cc1F. The van der Waals surface area contributed by atoms with Crippen LogP contribution in [0.25, 0.3) is 0 Å². The normalized spacial score (nSPS) is 16.0. The molecule has 0 spiro atoms. The predicted molar refractivity (Wildman–Crippen MR) is 99.6 cm³/mol. The summed E-state index contributed by atoms with van der Waals surface area (Å²) in [6, 6.07) is 3.84. The number of carbonyl (C=O) groups is 2. The van der Waals surface area contributed by atoms with Gasteiger partial charge in [-0.3, -0.25) is 4.79 Å². The summed E-state index contributed by atoms with van der Waals surface area (Å²) in [5, 5.41) is 2.79. The Morgan fingerprint density at radius 1 is 1.48 bits per heavy atom. The maximum Gasteiger partial charge on any atom is 0.318 e. The molecule has 2 aromatic rings. The minimum atomic E-state index is -0.617. The average Bonchev–Trinajstić information content (AvgIpc) is 3.13. The first-order chi connectivity index (χ1) is 13.0. The Morgan fingerprint density at radius 2 is 2.30 bits per heavy atom. The monoisotopic (exact) mass is 438 g/mol. The van der Waals surface area contributed by atoms with Crippen LogP contribution in [0, 0.1) is 5.82 Å². The summed E-state index contributed by atoms with van der Waals surface area (Å²) in [6.45, 7) is 0.756. The molecule has 2 heterocycles. The molecule has 0 bridgehead atoms. The largest absolute Gasteiger partial charge is 0.469 e. The van der Waals surface area contributed by atoms with E-state index in [1.807, 2.05) is 0 Å². The summed E-state index contributed by atoms with van der Waals surface area (Å²) in [7, 11) is 1.33. The number of nitrogens with zero attached hydrogens (tertiary/aromatic N) is 2. The molecule has 1 aliphatic heterocycles. The number of hydrogen-bond acceptors (Lipinski definition) is 4. The number of aromatic nitrogens is 2. The second-order valence-corrected chi connectivity index (χ2v) is 7.11. The van der Waals surface area contributed by atoms with E-state index in [0.717, 1.165) is 5.69 Å². The van der Waals surface area contributed by atoms with Crippen molar-refractivity contribution in [3.8, 4) is 0 Å². The summed E-state index contributed by atoms with van der Waals surface area (Å²) in [6.07, 6.45) is 2.87. The molecule has 1 atom stereocenters. The number of fused-ring (bicyclic) bond motifs is 1. The minimum absolute atomic E-state index is 0.227. The smallest absolute Gasteiger partial charge is 0.318 e. The van der Waals surface area contributed by atoms with E-state index in [1.54, 1.807) is 23.4 Å². The molecule has 0 fully saturated rings. The second kappa shape index (κ2) is 8.51. The summed E-state index contributed by atoms with van der Waals surface area (Å²) < 4.78 is 19.8. The molecule has 2 amide bonds. The lowest BCUT2D eigenvalue weighted by atomic mass is 9.95. The van der Waals surface area contributed by atoms with Crippen molar-refractivity contribution in [2.45, 2.75) is 25.3 Å². The lowest BCUT2D eigenvalue weighted by molar-refractivity contribution is -0.140. The summed E-state index contributed by atoms with van der Waals surface area (Å²) in [5.74, 6) is -0.730. The fraction of sp³-hybridized carbons (Fsp3) is 0.389. The van der Waals surface area contributed by atoms with E-state index in [0.29, 0.717) is 41.7 Å². The quantitative estimate of drug-likeness (QED) is 0.554. The lowest BCUT2D eigenvalue weighted by Gasteiger charge is -2.35. The molecule has 27 heavy (non-hydrogen) atoms. The average molecular weight is 439 g/mol. The first-order valence-electron chi connectivity index (χ1n) is 8.59. The first kappa shape index (κ1) is 19.3. The van der Waals surface area contributed by atoms with E-state index >= 15 is 0 Å². The number of carbonyl (C=O) groups excluding carboxylic acids is 2. The molecule has 0 saturated heterocycles. The van der Waals surface area contributed by atoms with Crippen molar-refractivity contribution in [1.82, 2.24) is 20.2 Å². The number of hydrogen-bond donors (Lipinski definition) is 2. The van der Waals surface area contributed by atoms with Gasteiger partial charge >= 0.3 is 12.0 Å². The molecule has 0 radical (unpaired) electrons. The number of imidazole rings is 1. The van der Waals surface area contributed by atoms with Gasteiger partial charge in [0.2, 0.25) is 0 Å². The predicted octanol–water partition coefficient (Wildman–Crippen LogP) is 2.92. The van der Waals surface area contributed by atoms with Crippen molar-refractivity contribution in [3.63, 3.8) is 0 Å². The maximum atomic E-state index is 14.6. The van der Waals surface area contributed by atoms with Crippen molar-refractivity contribution >= 4 is 27.9 Å². The zero-order chi connectivity index (χ0) is 19.4. The van der Waals surface area contributed by atoms with Gasteiger partial charge in [-0.25, -0.2) is 14.2 Å². The van der Waals surface area contributed by atoms with E-state index in [4.69, 9.17) is 0 Å². The van der Waals surface area contributed by atoms with Crippen LogP contribution >= 0.6 is 15.9 Å². The highest BCUT2D eigenvalue weighted by atomic mass is 79.9. The maximum absolute atomic E-state index is 14.6. The molecule has 7 nitrogen and oxygen atoms in total. The van der Waals surface area contributed by atoms with Gasteiger partial charge in [0.15, 0.2) is 0 Å². The number of aromatic amines is 1. The van der Waals surface area contributed by atoms with Crippen LogP contribution in [0.3, 0.4) is 0 Å². The number of H-pyrrole nitrogens is 1. The second-order valence-electron chi connectivity index (χ2n) is 6.19. The lowest BCUT2D eigenvalue weighted by Crippen LogP contribution is -2.46. The van der Waals surface area contributed by atoms with Crippen molar-refractivity contribution in [3.05, 3.63) is 51.8 Å². The van der Waals surface area contributed by atoms with Gasteiger partial charge in [0.25, 0.3) is 0 Å². The molecule has 3 rings (SSSR count). The van der Waals surface area contributed by atoms with E-state index in [-0.39, 0.29) is 18.4 Å². The molecule has 1 aromatic carbocycles. The third-order valence-electron chi connectivity index (χ3n) is 4.50. The number of benzene rings is 1. The minimum Gasteiger partial charge on any atom is -0.469 e. The van der Waals surface area contributed by atoms with Crippen LogP contribution in [-0.2, 0) is 16.0 Å². The fourth-order valence-electron chi connectivity index (χ4n) is 3.17. The van der Waals surface area contributed by atoms with Crippen LogP contribution in [0.1, 0.15) is 35.8 Å². The molecule has 1 aromatic heterocycles. The Balaban J connectivity index is 1.79. The van der Waals surface area contributed by atoms with Gasteiger partial charge in [0.05, 0.1) is 19.1 Å². The van der Waals surface area contributed by atoms with Crippen LogP contribution < -0.4 is 5.32 Å². The number of urea groups is 1. The Bertz CT molecular complexity index is 842. The molecule has 2 N–H and O–H groups in total. The van der Waals surface area contributed by atoms with Crippen LogP contribution in [0.2, 0.25) is 0 Å². The third-order valence-corrected chi connectivity index (χ3v) is 5.00. The van der Waals surface area contributed by atoms with E-state index < -0.39 is 11.9 Å². The number of nitrogens with one attached hydrogen (secondary N) is 2. The molecular formula is C18H20BrFN4O3. The van der Waals surface area contributed by atoms with E-state index in [9.17, 15) is 14.0 Å². The number of methoxy groups -OCH3 is 1. The molecule has 144 valence electrons. The zero-order valence-corrected chi connectivity index (χ0v) is 16.4. The molecule has 0 unspecified atom stereocenters. The van der Waals surface area contributed by atoms with Crippen LogP contribution in [-0.4, -0.2) is 47.1 Å². The Hall–Kier alpha value is -2.42. The highest BCUT2D eigenvalue weighted by molar-refractivity contribution is 9.10. The fourth-order valence-corrected chi connectivity index (χ4v) is 3.50. The van der Waals surface area contributed by atoms with E-state index in [2.05, 4.69) is 36.0 Å². The Labute approximate surface area is 164 Å². The van der Waals surface area contributed by atoms with Crippen molar-refractivity contribution in [1.29, 1.82) is 0 Å². The van der Waals surface area contributed by atoms with Crippen molar-refractivity contribution in [2.24, 2.45) is 0 Å². The number of amides is 2. The highest BCUT2D eigenvalue weighted by Crippen LogP contribution is 2.35. The topological polar surface area (TPSA) is 87.3 Å². The van der Waals surface area contributed by atoms with Crippen molar-refractivity contribution < 1.29 is 18.7 Å².